The van der Waals surface area contributed by atoms with E-state index in [4.69, 9.17) is 11.6 Å². The van der Waals surface area contributed by atoms with Gasteiger partial charge in [-0.3, -0.25) is 4.79 Å². The van der Waals surface area contributed by atoms with Gasteiger partial charge < -0.3 is 10.4 Å². The number of carbonyl (C=O) groups is 1. The summed E-state index contributed by atoms with van der Waals surface area (Å²) in [6.45, 7) is 6.13. The Kier molecular flexibility index (Phi) is 6.22. The van der Waals surface area contributed by atoms with E-state index in [0.717, 1.165) is 0 Å². The maximum Gasteiger partial charge on any atom is 0.220 e. The molecule has 0 unspecified atom stereocenters. The molecule has 25 heavy (non-hydrogen) atoms. The molecule has 134 valence electrons. The molecule has 0 aliphatic carbocycles. The van der Waals surface area contributed by atoms with Crippen LogP contribution in [-0.2, 0) is 23.0 Å². The number of halogens is 1. The van der Waals surface area contributed by atoms with Crippen LogP contribution in [-0.4, -0.2) is 35.6 Å². The van der Waals surface area contributed by atoms with Gasteiger partial charge in [-0.05, 0) is 18.6 Å². The van der Waals surface area contributed by atoms with Crippen LogP contribution < -0.4 is 5.32 Å². The van der Waals surface area contributed by atoms with Crippen LogP contribution in [0.2, 0.25) is 5.02 Å². The highest BCUT2D eigenvalue weighted by atomic mass is 35.5. The third-order valence-electron chi connectivity index (χ3n) is 3.55. The lowest BCUT2D eigenvalue weighted by molar-refractivity contribution is 0.103. The number of carbonyl (C=O) groups excluding carboxylic acids is 1. The van der Waals surface area contributed by atoms with Crippen molar-refractivity contribution in [3.8, 4) is 5.88 Å². The Morgan fingerprint density at radius 3 is 2.72 bits per heavy atom. The van der Waals surface area contributed by atoms with Crippen LogP contribution in [0.25, 0.3) is 0 Å². The summed E-state index contributed by atoms with van der Waals surface area (Å²) >= 11 is 6.35. The highest BCUT2D eigenvalue weighted by Crippen LogP contribution is 2.33. The number of aromatic hydroxyl groups is 1. The fourth-order valence-electron chi connectivity index (χ4n) is 2.34. The van der Waals surface area contributed by atoms with Crippen LogP contribution in [0.1, 0.15) is 28.4 Å². The van der Waals surface area contributed by atoms with Crippen molar-refractivity contribution in [1.29, 1.82) is 0 Å². The minimum absolute atomic E-state index is 0.0288. The van der Waals surface area contributed by atoms with E-state index in [1.807, 2.05) is 0 Å². The molecule has 0 aliphatic rings. The molecule has 0 atom stereocenters. The topological polar surface area (TPSA) is 101 Å². The van der Waals surface area contributed by atoms with Crippen LogP contribution in [0, 0.1) is 0 Å². The molecular weight excluding hydrogens is 366 g/mol. The summed E-state index contributed by atoms with van der Waals surface area (Å²) < 4.78 is 23.4. The van der Waals surface area contributed by atoms with Gasteiger partial charge in [-0.2, -0.15) is 5.10 Å². The molecule has 0 fully saturated rings. The number of hydrogen-bond acceptors (Lipinski definition) is 6. The summed E-state index contributed by atoms with van der Waals surface area (Å²) in [5.41, 5.74) is 0.979. The molecule has 1 heterocycles. The molecule has 0 saturated heterocycles. The molecule has 2 N–H and O–H groups in total. The third-order valence-corrected chi connectivity index (χ3v) is 4.54. The zero-order chi connectivity index (χ0) is 18.6. The number of rotatable bonds is 8. The summed E-state index contributed by atoms with van der Waals surface area (Å²) in [7, 11) is -2.66. The van der Waals surface area contributed by atoms with Crippen molar-refractivity contribution in [2.75, 3.05) is 11.9 Å². The molecule has 2 aromatic rings. The lowest BCUT2D eigenvalue weighted by atomic mass is 10.0. The van der Waals surface area contributed by atoms with Gasteiger partial charge in [0.15, 0.2) is 0 Å². The zero-order valence-electron chi connectivity index (χ0n) is 13.5. The number of anilines is 1. The van der Waals surface area contributed by atoms with Crippen molar-refractivity contribution in [3.63, 3.8) is 0 Å². The molecule has 0 aliphatic heterocycles. The fraction of sp³-hybridized carbons (Fsp3) is 0.250. The summed E-state index contributed by atoms with van der Waals surface area (Å²) in [4.78, 5) is 12.7. The van der Waals surface area contributed by atoms with E-state index in [9.17, 15) is 18.3 Å². The predicted octanol–water partition coefficient (Wildman–Crippen LogP) is 2.20. The van der Waals surface area contributed by atoms with E-state index < -0.39 is 16.5 Å². The summed E-state index contributed by atoms with van der Waals surface area (Å²) in [6, 6.07) is 2.97. The van der Waals surface area contributed by atoms with Gasteiger partial charge in [0.1, 0.15) is 16.3 Å². The summed E-state index contributed by atoms with van der Waals surface area (Å²) in [5, 5.41) is 17.0. The van der Waals surface area contributed by atoms with Gasteiger partial charge in [-0.25, -0.2) is 13.1 Å². The van der Waals surface area contributed by atoms with Crippen LogP contribution in [0.4, 0.5) is 5.69 Å². The first-order chi connectivity index (χ1) is 11.9. The highest BCUT2D eigenvalue weighted by molar-refractivity contribution is 7.71. The van der Waals surface area contributed by atoms with E-state index in [0.29, 0.717) is 24.3 Å². The van der Waals surface area contributed by atoms with Crippen molar-refractivity contribution < 1.29 is 18.3 Å². The van der Waals surface area contributed by atoms with Crippen molar-refractivity contribution in [3.05, 3.63) is 52.7 Å². The van der Waals surface area contributed by atoms with Crippen LogP contribution in [0.5, 0.6) is 5.88 Å². The van der Waals surface area contributed by atoms with E-state index in [1.165, 1.54) is 23.0 Å². The number of thiol groups is 1. The van der Waals surface area contributed by atoms with Gasteiger partial charge in [0.05, 0.1) is 22.7 Å². The molecule has 0 radical (unpaired) electrons. The number of nitrogens with zero attached hydrogens (tertiary/aromatic N) is 2. The molecule has 0 bridgehead atoms. The maximum atomic E-state index is 12.7. The molecule has 9 heteroatoms. The Morgan fingerprint density at radius 1 is 1.44 bits per heavy atom. The third kappa shape index (κ3) is 4.02. The van der Waals surface area contributed by atoms with Crippen LogP contribution in [0.3, 0.4) is 0 Å². The van der Waals surface area contributed by atoms with E-state index in [1.54, 1.807) is 13.0 Å². The molecule has 0 saturated carbocycles. The average Bonchev–Trinajstić information content (AvgIpc) is 2.94. The second-order valence-electron chi connectivity index (χ2n) is 5.15. The van der Waals surface area contributed by atoms with E-state index in [-0.39, 0.29) is 27.8 Å². The molecule has 1 aromatic heterocycles. The van der Waals surface area contributed by atoms with Crippen LogP contribution in [0.15, 0.2) is 31.0 Å². The average molecular weight is 384 g/mol. The van der Waals surface area contributed by atoms with Gasteiger partial charge >= 0.3 is 0 Å². The van der Waals surface area contributed by atoms with Gasteiger partial charge in [0.25, 0.3) is 0 Å². The van der Waals surface area contributed by atoms with Gasteiger partial charge in [0.2, 0.25) is 11.7 Å². The first-order valence-corrected chi connectivity index (χ1v) is 9.22. The van der Waals surface area contributed by atoms with Gasteiger partial charge in [0, 0.05) is 18.7 Å². The first kappa shape index (κ1) is 19.0. The quantitative estimate of drug-likeness (QED) is 0.367. The number of hydrogen-bond donors (Lipinski definition) is 3. The number of ketones is 1. The van der Waals surface area contributed by atoms with Crippen molar-refractivity contribution in [2.24, 2.45) is 0 Å². The Bertz CT molecular complexity index is 882. The summed E-state index contributed by atoms with van der Waals surface area (Å²) in [6.07, 6.45) is 2.86. The van der Waals surface area contributed by atoms with Gasteiger partial charge in [-0.1, -0.05) is 23.7 Å². The van der Waals surface area contributed by atoms with Crippen molar-refractivity contribution in [1.82, 2.24) is 9.78 Å². The van der Waals surface area contributed by atoms with Crippen LogP contribution >= 0.6 is 11.6 Å². The molecule has 1 aromatic carbocycles. The number of benzene rings is 1. The molecular formula is C16H18ClN3O4S. The number of aryl methyl sites for hydroxylation is 1. The van der Waals surface area contributed by atoms with Crippen molar-refractivity contribution >= 4 is 33.8 Å². The number of aromatic nitrogens is 2. The highest BCUT2D eigenvalue weighted by Gasteiger charge is 2.23. The second-order valence-corrected chi connectivity index (χ2v) is 6.51. The second kappa shape index (κ2) is 8.17. The molecule has 7 nitrogen and oxygen atoms in total. The summed E-state index contributed by atoms with van der Waals surface area (Å²) in [5.74, 6) is -0.944. The monoisotopic (exact) mass is 383 g/mol. The zero-order valence-corrected chi connectivity index (χ0v) is 15.2. The van der Waals surface area contributed by atoms with E-state index >= 15 is 0 Å². The Morgan fingerprint density at radius 2 is 2.16 bits per heavy atom. The largest absolute Gasteiger partial charge is 0.493 e. The van der Waals surface area contributed by atoms with E-state index in [2.05, 4.69) is 17.0 Å². The minimum Gasteiger partial charge on any atom is -0.493 e. The fourth-order valence-corrected chi connectivity index (χ4v) is 3.22. The Balaban J connectivity index is 2.51. The lowest BCUT2D eigenvalue weighted by Gasteiger charge is -2.14. The Hall–Kier alpha value is -2.32. The standard InChI is InChI=1S/C16H18ClN3O4S/c1-3-7-18-14-10(9-25(23)24)5-6-11(13(14)17)15(21)12-8-19-20(4-2)16(12)22/h3,5-6,8,18,22,25H,1,4,7,9H2,2H3. The predicted molar refractivity (Wildman–Crippen MR) is 97.2 cm³/mol. The molecule has 0 spiro atoms. The lowest BCUT2D eigenvalue weighted by Crippen LogP contribution is -2.08. The smallest absolute Gasteiger partial charge is 0.220 e. The maximum absolute atomic E-state index is 12.7. The first-order valence-electron chi connectivity index (χ1n) is 7.48. The number of nitrogens with one attached hydrogen (secondary N) is 1. The normalized spacial score (nSPS) is 10.8. The Labute approximate surface area is 151 Å². The molecule has 2 rings (SSSR count). The molecule has 0 amide bonds. The van der Waals surface area contributed by atoms with Crippen molar-refractivity contribution in [2.45, 2.75) is 19.2 Å². The minimum atomic E-state index is -2.66. The SMILES string of the molecule is C=CCNc1c(C[SH](=O)=O)ccc(C(=O)c2cnn(CC)c2O)c1Cl. The van der Waals surface area contributed by atoms with Gasteiger partial charge in [-0.15, -0.1) is 6.58 Å².